The molecule has 6 nitrogen and oxygen atoms in total. The van der Waals surface area contributed by atoms with Gasteiger partial charge in [0.05, 0.1) is 11.1 Å². The molecule has 108 valence electrons. The molecular formula is C14H14BrN5O. The standard InChI is InChI=1S/C14H14BrN5O/c1-7-6-9(15)4-5-10(7)14(21)16-12-11-8(2)19-20(3)13(11)18-17-12/h4-6H,1-3H3,(H2,16,17,18,21). The lowest BCUT2D eigenvalue weighted by atomic mass is 10.1. The number of H-pyrrole nitrogens is 1. The molecule has 3 aromatic rings. The number of carbonyl (C=O) groups excluding carboxylic acids is 1. The number of amides is 1. The van der Waals surface area contributed by atoms with Crippen molar-refractivity contribution in [1.29, 1.82) is 0 Å². The van der Waals surface area contributed by atoms with E-state index in [1.807, 2.05) is 33.0 Å². The van der Waals surface area contributed by atoms with Crippen molar-refractivity contribution in [3.8, 4) is 0 Å². The topological polar surface area (TPSA) is 75.6 Å². The number of aromatic amines is 1. The average molecular weight is 348 g/mol. The lowest BCUT2D eigenvalue weighted by molar-refractivity contribution is 0.102. The minimum atomic E-state index is -0.172. The number of nitrogens with zero attached hydrogens (tertiary/aromatic N) is 3. The van der Waals surface area contributed by atoms with Crippen LogP contribution in [0.2, 0.25) is 0 Å². The highest BCUT2D eigenvalue weighted by molar-refractivity contribution is 9.10. The van der Waals surface area contributed by atoms with Crippen LogP contribution in [0.25, 0.3) is 11.0 Å². The first kappa shape index (κ1) is 13.8. The van der Waals surface area contributed by atoms with Gasteiger partial charge in [-0.3, -0.25) is 9.89 Å². The van der Waals surface area contributed by atoms with E-state index in [1.165, 1.54) is 0 Å². The molecule has 2 aromatic heterocycles. The smallest absolute Gasteiger partial charge is 0.257 e. The summed E-state index contributed by atoms with van der Waals surface area (Å²) < 4.78 is 2.63. The van der Waals surface area contributed by atoms with Crippen LogP contribution in [0.5, 0.6) is 0 Å². The van der Waals surface area contributed by atoms with Crippen LogP contribution >= 0.6 is 15.9 Å². The summed E-state index contributed by atoms with van der Waals surface area (Å²) in [6.45, 7) is 3.79. The third-order valence-electron chi connectivity index (χ3n) is 3.39. The minimum Gasteiger partial charge on any atom is -0.306 e. The van der Waals surface area contributed by atoms with Crippen molar-refractivity contribution in [2.75, 3.05) is 5.32 Å². The van der Waals surface area contributed by atoms with Gasteiger partial charge in [-0.15, -0.1) is 0 Å². The van der Waals surface area contributed by atoms with Crippen LogP contribution in [-0.4, -0.2) is 25.9 Å². The van der Waals surface area contributed by atoms with Gasteiger partial charge in [-0.25, -0.2) is 4.68 Å². The first-order valence-corrected chi connectivity index (χ1v) is 7.22. The number of benzene rings is 1. The van der Waals surface area contributed by atoms with Crippen LogP contribution in [0.15, 0.2) is 22.7 Å². The number of rotatable bonds is 2. The predicted octanol–water partition coefficient (Wildman–Crippen LogP) is 2.93. The monoisotopic (exact) mass is 347 g/mol. The summed E-state index contributed by atoms with van der Waals surface area (Å²) >= 11 is 3.39. The van der Waals surface area contributed by atoms with Gasteiger partial charge < -0.3 is 5.32 Å². The maximum atomic E-state index is 12.4. The lowest BCUT2D eigenvalue weighted by Crippen LogP contribution is -2.14. The van der Waals surface area contributed by atoms with Gasteiger partial charge >= 0.3 is 0 Å². The van der Waals surface area contributed by atoms with Gasteiger partial charge in [0.1, 0.15) is 5.82 Å². The van der Waals surface area contributed by atoms with Crippen molar-refractivity contribution in [2.45, 2.75) is 13.8 Å². The van der Waals surface area contributed by atoms with E-state index in [4.69, 9.17) is 0 Å². The molecule has 1 amide bonds. The summed E-state index contributed by atoms with van der Waals surface area (Å²) in [5.74, 6) is 0.400. The zero-order valence-electron chi connectivity index (χ0n) is 11.9. The molecule has 0 saturated carbocycles. The number of anilines is 1. The van der Waals surface area contributed by atoms with Crippen molar-refractivity contribution in [3.63, 3.8) is 0 Å². The van der Waals surface area contributed by atoms with E-state index in [1.54, 1.807) is 10.7 Å². The summed E-state index contributed by atoms with van der Waals surface area (Å²) in [6, 6.07) is 5.55. The molecule has 0 unspecified atom stereocenters. The molecule has 0 atom stereocenters. The first-order valence-electron chi connectivity index (χ1n) is 6.42. The molecule has 21 heavy (non-hydrogen) atoms. The van der Waals surface area contributed by atoms with E-state index in [9.17, 15) is 4.79 Å². The second-order valence-electron chi connectivity index (χ2n) is 4.92. The highest BCUT2D eigenvalue weighted by atomic mass is 79.9. The Balaban J connectivity index is 1.96. The zero-order chi connectivity index (χ0) is 15.1. The van der Waals surface area contributed by atoms with Crippen LogP contribution in [0.3, 0.4) is 0 Å². The largest absolute Gasteiger partial charge is 0.306 e. The van der Waals surface area contributed by atoms with Crippen LogP contribution in [0, 0.1) is 13.8 Å². The molecule has 0 aliphatic carbocycles. The Bertz CT molecular complexity index is 849. The van der Waals surface area contributed by atoms with Crippen molar-refractivity contribution in [2.24, 2.45) is 7.05 Å². The SMILES string of the molecule is Cc1cc(Br)ccc1C(=O)Nc1[nH]nc2c1c(C)nn2C. The number of aromatic nitrogens is 4. The van der Waals surface area contributed by atoms with Crippen LogP contribution in [0.1, 0.15) is 21.6 Å². The number of hydrogen-bond acceptors (Lipinski definition) is 3. The molecule has 0 aliphatic rings. The summed E-state index contributed by atoms with van der Waals surface area (Å²) in [6.07, 6.45) is 0. The molecule has 7 heteroatoms. The summed E-state index contributed by atoms with van der Waals surface area (Å²) in [5, 5.41) is 15.0. The molecular weight excluding hydrogens is 334 g/mol. The Kier molecular flexibility index (Phi) is 3.29. The molecule has 0 spiro atoms. The number of aryl methyl sites for hydroxylation is 3. The van der Waals surface area contributed by atoms with E-state index in [0.717, 1.165) is 26.8 Å². The van der Waals surface area contributed by atoms with Gasteiger partial charge in [-0.1, -0.05) is 15.9 Å². The summed E-state index contributed by atoms with van der Waals surface area (Å²) in [7, 11) is 1.82. The number of halogens is 1. The van der Waals surface area contributed by atoms with Crippen molar-refractivity contribution in [1.82, 2.24) is 20.0 Å². The fourth-order valence-electron chi connectivity index (χ4n) is 2.38. The molecule has 3 rings (SSSR count). The second-order valence-corrected chi connectivity index (χ2v) is 5.84. The van der Waals surface area contributed by atoms with Gasteiger partial charge in [-0.05, 0) is 37.6 Å². The first-order chi connectivity index (χ1) is 9.97. The van der Waals surface area contributed by atoms with Crippen LogP contribution < -0.4 is 5.32 Å². The Hall–Kier alpha value is -2.15. The number of carbonyl (C=O) groups is 1. The normalized spacial score (nSPS) is 11.0. The molecule has 1 aromatic carbocycles. The maximum Gasteiger partial charge on any atom is 0.257 e. The fourth-order valence-corrected chi connectivity index (χ4v) is 2.86. The van der Waals surface area contributed by atoms with E-state index >= 15 is 0 Å². The van der Waals surface area contributed by atoms with Gasteiger partial charge in [0.25, 0.3) is 5.91 Å². The lowest BCUT2D eigenvalue weighted by Gasteiger charge is -2.06. The van der Waals surface area contributed by atoms with Gasteiger partial charge in [0.2, 0.25) is 0 Å². The fraction of sp³-hybridized carbons (Fsp3) is 0.214. The molecule has 0 fully saturated rings. The molecule has 2 heterocycles. The maximum absolute atomic E-state index is 12.4. The van der Waals surface area contributed by atoms with Crippen LogP contribution in [-0.2, 0) is 7.05 Å². The molecule has 0 bridgehead atoms. The van der Waals surface area contributed by atoms with Gasteiger partial charge in [0, 0.05) is 17.1 Å². The summed E-state index contributed by atoms with van der Waals surface area (Å²) in [5.41, 5.74) is 3.07. The zero-order valence-corrected chi connectivity index (χ0v) is 13.4. The Morgan fingerprint density at radius 1 is 1.38 bits per heavy atom. The second kappa shape index (κ2) is 5.00. The number of hydrogen-bond donors (Lipinski definition) is 2. The predicted molar refractivity (Wildman–Crippen MR) is 84.4 cm³/mol. The number of nitrogens with one attached hydrogen (secondary N) is 2. The number of fused-ring (bicyclic) bond motifs is 1. The summed E-state index contributed by atoms with van der Waals surface area (Å²) in [4.78, 5) is 12.4. The third-order valence-corrected chi connectivity index (χ3v) is 3.88. The molecule has 0 aliphatic heterocycles. The van der Waals surface area contributed by atoms with E-state index in [2.05, 4.69) is 36.5 Å². The molecule has 0 saturated heterocycles. The highest BCUT2D eigenvalue weighted by Crippen LogP contribution is 2.24. The Labute approximate surface area is 129 Å². The molecule has 0 radical (unpaired) electrons. The Morgan fingerprint density at radius 2 is 2.14 bits per heavy atom. The van der Waals surface area contributed by atoms with Crippen LogP contribution in [0.4, 0.5) is 5.82 Å². The molecule has 2 N–H and O–H groups in total. The van der Waals surface area contributed by atoms with E-state index in [0.29, 0.717) is 11.4 Å². The van der Waals surface area contributed by atoms with Crippen molar-refractivity contribution in [3.05, 3.63) is 39.5 Å². The highest BCUT2D eigenvalue weighted by Gasteiger charge is 2.17. The Morgan fingerprint density at radius 3 is 2.86 bits per heavy atom. The quantitative estimate of drug-likeness (QED) is 0.748. The van der Waals surface area contributed by atoms with E-state index < -0.39 is 0 Å². The van der Waals surface area contributed by atoms with Crippen molar-refractivity contribution >= 4 is 38.7 Å². The van der Waals surface area contributed by atoms with Crippen molar-refractivity contribution < 1.29 is 4.79 Å². The van der Waals surface area contributed by atoms with Gasteiger partial charge in [0.15, 0.2) is 5.65 Å². The van der Waals surface area contributed by atoms with E-state index in [-0.39, 0.29) is 5.91 Å². The third kappa shape index (κ3) is 2.33. The average Bonchev–Trinajstić information content (AvgIpc) is 2.93. The minimum absolute atomic E-state index is 0.172. The van der Waals surface area contributed by atoms with Gasteiger partial charge in [-0.2, -0.15) is 10.2 Å².